The number of amides is 1. The number of aryl methyl sites for hydroxylation is 2. The molecule has 1 fully saturated rings. The molecule has 1 amide bonds. The zero-order chi connectivity index (χ0) is 15.6. The van der Waals surface area contributed by atoms with Crippen molar-refractivity contribution in [1.82, 2.24) is 14.9 Å². The van der Waals surface area contributed by atoms with E-state index in [9.17, 15) is 4.79 Å². The van der Waals surface area contributed by atoms with Crippen LogP contribution >= 0.6 is 24.8 Å². The van der Waals surface area contributed by atoms with E-state index in [4.69, 9.17) is 4.98 Å². The molecule has 25 heavy (non-hydrogen) atoms. The summed E-state index contributed by atoms with van der Waals surface area (Å²) in [6, 6.07) is 8.01. The molecule has 1 unspecified atom stereocenters. The number of rotatable bonds is 3. The third-order valence-electron chi connectivity index (χ3n) is 4.79. The summed E-state index contributed by atoms with van der Waals surface area (Å²) >= 11 is 0. The molecule has 0 radical (unpaired) electrons. The fourth-order valence-electron chi connectivity index (χ4n) is 3.40. The maximum Gasteiger partial charge on any atom is 0.228 e. The Kier molecular flexibility index (Phi) is 6.87. The van der Waals surface area contributed by atoms with Crippen LogP contribution in [0.1, 0.15) is 25.1 Å². The number of imidazole rings is 1. The number of anilines is 1. The van der Waals surface area contributed by atoms with Gasteiger partial charge in [-0.3, -0.25) is 4.79 Å². The molecule has 4 rings (SSSR count). The van der Waals surface area contributed by atoms with E-state index < -0.39 is 0 Å². The van der Waals surface area contributed by atoms with Crippen LogP contribution in [0.5, 0.6) is 0 Å². The Balaban J connectivity index is 0.00000113. The van der Waals surface area contributed by atoms with Gasteiger partial charge >= 0.3 is 0 Å². The van der Waals surface area contributed by atoms with E-state index in [-0.39, 0.29) is 36.6 Å². The molecule has 2 aliphatic heterocycles. The number of hydrogen-bond donors (Lipinski definition) is 2. The van der Waals surface area contributed by atoms with Crippen molar-refractivity contribution in [1.29, 1.82) is 0 Å². The smallest absolute Gasteiger partial charge is 0.228 e. The molecule has 3 heterocycles. The van der Waals surface area contributed by atoms with Crippen LogP contribution in [-0.2, 0) is 17.8 Å². The van der Waals surface area contributed by atoms with Crippen LogP contribution in [0, 0.1) is 5.92 Å². The van der Waals surface area contributed by atoms with Gasteiger partial charge < -0.3 is 15.2 Å². The van der Waals surface area contributed by atoms with Crippen LogP contribution < -0.4 is 10.6 Å². The Morgan fingerprint density at radius 1 is 1.20 bits per heavy atom. The van der Waals surface area contributed by atoms with Crippen LogP contribution in [0.2, 0.25) is 0 Å². The number of benzene rings is 1. The standard InChI is InChI=1S/C18H22N4O.2ClH/c23-18(14-8-9-19-11-14)20-15-6-4-13(5-7-15)16-12-22-10-2-1-3-17(22)21-16;;/h4-7,12,14,19H,1-3,8-11H2,(H,20,23);2*1H. The lowest BCUT2D eigenvalue weighted by Gasteiger charge is -2.11. The number of carbonyl (C=O) groups is 1. The van der Waals surface area contributed by atoms with E-state index in [2.05, 4.69) is 21.4 Å². The van der Waals surface area contributed by atoms with Crippen molar-refractivity contribution in [3.05, 3.63) is 36.3 Å². The predicted octanol–water partition coefficient (Wildman–Crippen LogP) is 3.28. The van der Waals surface area contributed by atoms with Gasteiger partial charge in [-0.15, -0.1) is 24.8 Å². The molecule has 0 aliphatic carbocycles. The van der Waals surface area contributed by atoms with Crippen molar-refractivity contribution in [2.45, 2.75) is 32.2 Å². The lowest BCUT2D eigenvalue weighted by molar-refractivity contribution is -0.119. The van der Waals surface area contributed by atoms with Gasteiger partial charge in [0.1, 0.15) is 5.82 Å². The molecule has 1 saturated heterocycles. The second kappa shape index (κ2) is 8.70. The van der Waals surface area contributed by atoms with Gasteiger partial charge in [0.15, 0.2) is 0 Å². The minimum absolute atomic E-state index is 0. The number of nitrogens with one attached hydrogen (secondary N) is 2. The van der Waals surface area contributed by atoms with Crippen LogP contribution in [0.25, 0.3) is 11.3 Å². The normalized spacial score (nSPS) is 18.6. The summed E-state index contributed by atoms with van der Waals surface area (Å²) < 4.78 is 2.27. The molecular weight excluding hydrogens is 359 g/mol. The second-order valence-corrected chi connectivity index (χ2v) is 6.45. The second-order valence-electron chi connectivity index (χ2n) is 6.45. The minimum Gasteiger partial charge on any atom is -0.334 e. The first kappa shape index (κ1) is 19.8. The van der Waals surface area contributed by atoms with Crippen LogP contribution in [0.15, 0.2) is 30.5 Å². The molecule has 1 aromatic carbocycles. The maximum absolute atomic E-state index is 12.1. The van der Waals surface area contributed by atoms with Gasteiger partial charge in [0.25, 0.3) is 0 Å². The average molecular weight is 383 g/mol. The van der Waals surface area contributed by atoms with Crippen molar-refractivity contribution < 1.29 is 4.79 Å². The molecule has 1 aromatic heterocycles. The zero-order valence-corrected chi connectivity index (χ0v) is 15.7. The summed E-state index contributed by atoms with van der Waals surface area (Å²) in [5.41, 5.74) is 2.99. The first-order valence-electron chi connectivity index (χ1n) is 8.48. The summed E-state index contributed by atoms with van der Waals surface area (Å²) in [6.45, 7) is 2.79. The highest BCUT2D eigenvalue weighted by atomic mass is 35.5. The maximum atomic E-state index is 12.1. The van der Waals surface area contributed by atoms with E-state index in [0.29, 0.717) is 0 Å². The Labute approximate surface area is 160 Å². The number of fused-ring (bicyclic) bond motifs is 1. The number of hydrogen-bond acceptors (Lipinski definition) is 3. The van der Waals surface area contributed by atoms with Gasteiger partial charge in [0.2, 0.25) is 5.91 Å². The number of halogens is 2. The third-order valence-corrected chi connectivity index (χ3v) is 4.79. The Bertz CT molecular complexity index is 685. The highest BCUT2D eigenvalue weighted by Gasteiger charge is 2.22. The molecule has 0 saturated carbocycles. The lowest BCUT2D eigenvalue weighted by atomic mass is 10.1. The molecule has 2 aromatic rings. The average Bonchev–Trinajstić information content (AvgIpc) is 3.25. The van der Waals surface area contributed by atoms with Gasteiger partial charge in [-0.1, -0.05) is 12.1 Å². The highest BCUT2D eigenvalue weighted by Crippen LogP contribution is 2.24. The Hall–Kier alpha value is -1.56. The lowest BCUT2D eigenvalue weighted by Crippen LogP contribution is -2.24. The van der Waals surface area contributed by atoms with E-state index in [1.54, 1.807) is 0 Å². The first-order chi connectivity index (χ1) is 11.3. The summed E-state index contributed by atoms with van der Waals surface area (Å²) in [5.74, 6) is 1.40. The van der Waals surface area contributed by atoms with Gasteiger partial charge in [-0.05, 0) is 37.9 Å². The van der Waals surface area contributed by atoms with Crippen molar-refractivity contribution in [3.63, 3.8) is 0 Å². The predicted molar refractivity (Wildman–Crippen MR) is 105 cm³/mol. The van der Waals surface area contributed by atoms with Crippen molar-refractivity contribution in [2.24, 2.45) is 5.92 Å². The Morgan fingerprint density at radius 2 is 2.00 bits per heavy atom. The summed E-state index contributed by atoms with van der Waals surface area (Å²) in [7, 11) is 0. The monoisotopic (exact) mass is 382 g/mol. The van der Waals surface area contributed by atoms with Gasteiger partial charge in [0, 0.05) is 37.0 Å². The highest BCUT2D eigenvalue weighted by molar-refractivity contribution is 5.93. The van der Waals surface area contributed by atoms with Crippen molar-refractivity contribution >= 4 is 36.4 Å². The summed E-state index contributed by atoms with van der Waals surface area (Å²) in [6.07, 6.45) is 6.61. The van der Waals surface area contributed by atoms with E-state index >= 15 is 0 Å². The fraction of sp³-hybridized carbons (Fsp3) is 0.444. The van der Waals surface area contributed by atoms with Crippen LogP contribution in [-0.4, -0.2) is 28.5 Å². The SMILES string of the molecule is Cl.Cl.O=C(Nc1ccc(-c2cn3c(n2)CCCC3)cc1)C1CCNC1. The van der Waals surface area contributed by atoms with Gasteiger partial charge in [-0.2, -0.15) is 0 Å². The van der Waals surface area contributed by atoms with E-state index in [1.807, 2.05) is 24.3 Å². The number of carbonyl (C=O) groups excluding carboxylic acids is 1. The molecular formula is C18H24Cl2N4O. The van der Waals surface area contributed by atoms with Gasteiger partial charge in [-0.25, -0.2) is 4.98 Å². The van der Waals surface area contributed by atoms with Crippen molar-refractivity contribution in [2.75, 3.05) is 18.4 Å². The fourth-order valence-corrected chi connectivity index (χ4v) is 3.40. The Morgan fingerprint density at radius 3 is 2.68 bits per heavy atom. The molecule has 7 heteroatoms. The molecule has 5 nitrogen and oxygen atoms in total. The topological polar surface area (TPSA) is 59.0 Å². The number of aromatic nitrogens is 2. The molecule has 136 valence electrons. The minimum atomic E-state index is 0. The van der Waals surface area contributed by atoms with E-state index in [1.165, 1.54) is 18.7 Å². The molecule has 0 spiro atoms. The van der Waals surface area contributed by atoms with E-state index in [0.717, 1.165) is 49.4 Å². The quantitative estimate of drug-likeness (QED) is 0.855. The third kappa shape index (κ3) is 4.35. The molecule has 2 N–H and O–H groups in total. The van der Waals surface area contributed by atoms with Crippen LogP contribution in [0.4, 0.5) is 5.69 Å². The van der Waals surface area contributed by atoms with Crippen molar-refractivity contribution in [3.8, 4) is 11.3 Å². The molecule has 1 atom stereocenters. The largest absolute Gasteiger partial charge is 0.334 e. The summed E-state index contributed by atoms with van der Waals surface area (Å²) in [5, 5.41) is 6.23. The van der Waals surface area contributed by atoms with Crippen LogP contribution in [0.3, 0.4) is 0 Å². The first-order valence-corrected chi connectivity index (χ1v) is 8.48. The van der Waals surface area contributed by atoms with Gasteiger partial charge in [0.05, 0.1) is 11.6 Å². The molecule has 0 bridgehead atoms. The zero-order valence-electron chi connectivity index (χ0n) is 14.0. The summed E-state index contributed by atoms with van der Waals surface area (Å²) in [4.78, 5) is 16.9. The molecule has 2 aliphatic rings. The number of nitrogens with zero attached hydrogens (tertiary/aromatic N) is 2.